The predicted molar refractivity (Wildman–Crippen MR) is 82.3 cm³/mol. The molecular weight excluding hydrogens is 280 g/mol. The molecule has 1 saturated carbocycles. The lowest BCUT2D eigenvalue weighted by atomic mass is 9.74. The van der Waals surface area contributed by atoms with Crippen LogP contribution in [0.4, 0.5) is 0 Å². The summed E-state index contributed by atoms with van der Waals surface area (Å²) in [7, 11) is 0. The van der Waals surface area contributed by atoms with Gasteiger partial charge in [-0.1, -0.05) is 54.1 Å². The first-order valence-corrected chi connectivity index (χ1v) is 7.22. The predicted octanol–water partition coefficient (Wildman–Crippen LogP) is 4.53. The van der Waals surface area contributed by atoms with Gasteiger partial charge in [-0.25, -0.2) is 0 Å². The highest BCUT2D eigenvalue weighted by Crippen LogP contribution is 2.55. The van der Waals surface area contributed by atoms with E-state index in [0.717, 1.165) is 17.6 Å². The molecule has 0 heterocycles. The quantitative estimate of drug-likeness (QED) is 0.763. The number of benzene rings is 1. The van der Waals surface area contributed by atoms with Crippen molar-refractivity contribution in [2.75, 3.05) is 0 Å². The van der Waals surface area contributed by atoms with Crippen LogP contribution in [0.1, 0.15) is 17.9 Å². The van der Waals surface area contributed by atoms with Crippen LogP contribution in [0.15, 0.2) is 60.2 Å². The van der Waals surface area contributed by atoms with Gasteiger partial charge < -0.3 is 0 Å². The molecule has 102 valence electrons. The van der Waals surface area contributed by atoms with Gasteiger partial charge in [0.25, 0.3) is 0 Å². The number of nitriles is 2. The van der Waals surface area contributed by atoms with E-state index in [4.69, 9.17) is 11.6 Å². The highest BCUT2D eigenvalue weighted by Gasteiger charge is 2.52. The molecule has 3 heteroatoms. The zero-order chi connectivity index (χ0) is 14.9. The molecule has 0 aromatic heterocycles. The van der Waals surface area contributed by atoms with E-state index in [1.165, 1.54) is 0 Å². The summed E-state index contributed by atoms with van der Waals surface area (Å²) in [5.41, 5.74) is 0.795. The second kappa shape index (κ2) is 5.24. The van der Waals surface area contributed by atoms with Crippen molar-refractivity contribution < 1.29 is 0 Å². The van der Waals surface area contributed by atoms with Gasteiger partial charge >= 0.3 is 0 Å². The number of fused-ring (bicyclic) bond motifs is 1. The van der Waals surface area contributed by atoms with Crippen LogP contribution < -0.4 is 0 Å². The first kappa shape index (κ1) is 13.7. The smallest absolute Gasteiger partial charge is 0.172 e. The van der Waals surface area contributed by atoms with Gasteiger partial charge in [-0.2, -0.15) is 10.5 Å². The van der Waals surface area contributed by atoms with Crippen LogP contribution in [-0.4, -0.2) is 0 Å². The van der Waals surface area contributed by atoms with Crippen molar-refractivity contribution >= 4 is 11.6 Å². The molecule has 1 aromatic carbocycles. The summed E-state index contributed by atoms with van der Waals surface area (Å²) in [6.07, 6.45) is 10.6. The summed E-state index contributed by atoms with van der Waals surface area (Å²) in [5.74, 6) is 0.0112. The summed E-state index contributed by atoms with van der Waals surface area (Å²) < 4.78 is 0. The number of hydrogen-bond donors (Lipinski definition) is 0. The molecular formula is C18H13ClN2. The molecule has 2 aliphatic carbocycles. The van der Waals surface area contributed by atoms with E-state index in [9.17, 15) is 10.5 Å². The summed E-state index contributed by atoms with van der Waals surface area (Å²) in [5, 5.41) is 20.2. The van der Waals surface area contributed by atoms with E-state index in [1.54, 1.807) is 0 Å². The lowest BCUT2D eigenvalue weighted by molar-refractivity contribution is 0.531. The Labute approximate surface area is 129 Å². The number of allylic oxidation sites excluding steroid dienone is 6. The van der Waals surface area contributed by atoms with Crippen LogP contribution >= 0.6 is 11.6 Å². The Kier molecular flexibility index (Phi) is 3.42. The van der Waals surface area contributed by atoms with Crippen LogP contribution in [-0.2, 0) is 0 Å². The first-order chi connectivity index (χ1) is 10.2. The minimum Gasteiger partial charge on any atom is -0.196 e. The zero-order valence-corrected chi connectivity index (χ0v) is 12.1. The molecule has 0 saturated heterocycles. The van der Waals surface area contributed by atoms with Crippen molar-refractivity contribution in [3.63, 3.8) is 0 Å². The van der Waals surface area contributed by atoms with Gasteiger partial charge in [-0.05, 0) is 29.7 Å². The molecule has 0 radical (unpaired) electrons. The maximum absolute atomic E-state index is 9.75. The van der Waals surface area contributed by atoms with E-state index in [1.807, 2.05) is 48.6 Å². The standard InChI is InChI=1S/C18H13ClN2/c19-15-8-6-13(7-9-15)17-10-14-4-2-1-3-5-16(14)18(17,11-20)12-21/h1-9,14,17H,10H2. The van der Waals surface area contributed by atoms with E-state index < -0.39 is 5.41 Å². The Bertz CT molecular complexity index is 712. The molecule has 2 unspecified atom stereocenters. The normalized spacial score (nSPS) is 25.4. The van der Waals surface area contributed by atoms with Crippen molar-refractivity contribution in [3.05, 3.63) is 70.8 Å². The third-order valence-electron chi connectivity index (χ3n) is 4.33. The molecule has 0 N–H and O–H groups in total. The molecule has 0 aliphatic heterocycles. The average Bonchev–Trinajstić information content (AvgIpc) is 2.65. The third-order valence-corrected chi connectivity index (χ3v) is 4.59. The monoisotopic (exact) mass is 292 g/mol. The van der Waals surface area contributed by atoms with Gasteiger partial charge in [0, 0.05) is 16.9 Å². The molecule has 0 amide bonds. The van der Waals surface area contributed by atoms with Crippen LogP contribution in [0.2, 0.25) is 5.02 Å². The van der Waals surface area contributed by atoms with E-state index in [-0.39, 0.29) is 11.8 Å². The maximum Gasteiger partial charge on any atom is 0.172 e. The average molecular weight is 293 g/mol. The summed E-state index contributed by atoms with van der Waals surface area (Å²) >= 11 is 5.94. The van der Waals surface area contributed by atoms with Gasteiger partial charge in [0.15, 0.2) is 5.41 Å². The minimum absolute atomic E-state index is 0.128. The van der Waals surface area contributed by atoms with Crippen LogP contribution in [0, 0.1) is 34.0 Å². The van der Waals surface area contributed by atoms with E-state index in [0.29, 0.717) is 5.02 Å². The van der Waals surface area contributed by atoms with Crippen molar-refractivity contribution in [2.24, 2.45) is 11.3 Å². The molecule has 1 fully saturated rings. The summed E-state index contributed by atoms with van der Waals surface area (Å²) in [4.78, 5) is 0. The van der Waals surface area contributed by atoms with Crippen LogP contribution in [0.25, 0.3) is 0 Å². The number of hydrogen-bond acceptors (Lipinski definition) is 2. The van der Waals surface area contributed by atoms with Gasteiger partial charge in [0.05, 0.1) is 12.1 Å². The van der Waals surface area contributed by atoms with Crippen LogP contribution in [0.5, 0.6) is 0 Å². The van der Waals surface area contributed by atoms with Crippen molar-refractivity contribution in [2.45, 2.75) is 12.3 Å². The lowest BCUT2D eigenvalue weighted by Crippen LogP contribution is -2.22. The molecule has 2 aliphatic rings. The fourth-order valence-corrected chi connectivity index (χ4v) is 3.43. The fourth-order valence-electron chi connectivity index (χ4n) is 3.30. The van der Waals surface area contributed by atoms with Gasteiger partial charge in [0.2, 0.25) is 0 Å². The Hall–Kier alpha value is -2.29. The Morgan fingerprint density at radius 1 is 1.05 bits per heavy atom. The number of rotatable bonds is 1. The summed E-state index contributed by atoms with van der Waals surface area (Å²) in [6, 6.07) is 12.0. The largest absolute Gasteiger partial charge is 0.196 e. The molecule has 0 bridgehead atoms. The van der Waals surface area contributed by atoms with E-state index in [2.05, 4.69) is 18.2 Å². The fraction of sp³-hybridized carbons (Fsp3) is 0.222. The summed E-state index contributed by atoms with van der Waals surface area (Å²) in [6.45, 7) is 0. The van der Waals surface area contributed by atoms with E-state index >= 15 is 0 Å². The third kappa shape index (κ3) is 2.09. The van der Waals surface area contributed by atoms with Crippen molar-refractivity contribution in [3.8, 4) is 12.1 Å². The first-order valence-electron chi connectivity index (χ1n) is 6.85. The second-order valence-corrected chi connectivity index (χ2v) is 5.81. The topological polar surface area (TPSA) is 47.6 Å². The van der Waals surface area contributed by atoms with Gasteiger partial charge in [-0.3, -0.25) is 0 Å². The van der Waals surface area contributed by atoms with Crippen LogP contribution in [0.3, 0.4) is 0 Å². The molecule has 21 heavy (non-hydrogen) atoms. The maximum atomic E-state index is 9.75. The Morgan fingerprint density at radius 3 is 2.43 bits per heavy atom. The molecule has 3 rings (SSSR count). The minimum atomic E-state index is -1.10. The van der Waals surface area contributed by atoms with Gasteiger partial charge in [-0.15, -0.1) is 0 Å². The molecule has 1 aromatic rings. The van der Waals surface area contributed by atoms with Gasteiger partial charge in [0.1, 0.15) is 0 Å². The molecule has 2 atom stereocenters. The van der Waals surface area contributed by atoms with Crippen molar-refractivity contribution in [1.29, 1.82) is 10.5 Å². The second-order valence-electron chi connectivity index (χ2n) is 5.37. The highest BCUT2D eigenvalue weighted by molar-refractivity contribution is 6.30. The lowest BCUT2D eigenvalue weighted by Gasteiger charge is -2.23. The zero-order valence-electron chi connectivity index (χ0n) is 11.3. The Morgan fingerprint density at radius 2 is 1.76 bits per heavy atom. The number of nitrogens with zero attached hydrogens (tertiary/aromatic N) is 2. The number of halogens is 1. The molecule has 0 spiro atoms. The molecule has 2 nitrogen and oxygen atoms in total. The Balaban J connectivity index is 2.14. The highest BCUT2D eigenvalue weighted by atomic mass is 35.5. The SMILES string of the molecule is N#CC1(C#N)C2=CC=CC=CC2CC1c1ccc(Cl)cc1. The van der Waals surface area contributed by atoms with Crippen molar-refractivity contribution in [1.82, 2.24) is 0 Å².